The Labute approximate surface area is 122 Å². The smallest absolute Gasteiger partial charge is 0.292 e. The summed E-state index contributed by atoms with van der Waals surface area (Å²) in [4.78, 5) is 24.4. The standard InChI is InChI=1S/C14H19N3O4/c1-2-15-14(19)10-5-6-12(17(20)21)13(8-10)16-7-3-4-11(18)9-16/h5-6,8,11,18H,2-4,7,9H2,1H3,(H,15,19). The molecule has 7 heteroatoms. The highest BCUT2D eigenvalue weighted by atomic mass is 16.6. The number of nitrogens with zero attached hydrogens (tertiary/aromatic N) is 2. The molecular weight excluding hydrogens is 274 g/mol. The summed E-state index contributed by atoms with van der Waals surface area (Å²) in [6.07, 6.45) is 0.968. The highest BCUT2D eigenvalue weighted by molar-refractivity contribution is 5.96. The van der Waals surface area contributed by atoms with Crippen LogP contribution in [0.15, 0.2) is 18.2 Å². The highest BCUT2D eigenvalue weighted by Gasteiger charge is 2.25. The van der Waals surface area contributed by atoms with Crippen molar-refractivity contribution in [1.29, 1.82) is 0 Å². The van der Waals surface area contributed by atoms with E-state index in [0.717, 1.165) is 6.42 Å². The van der Waals surface area contributed by atoms with Gasteiger partial charge >= 0.3 is 0 Å². The first-order chi connectivity index (χ1) is 10.0. The average molecular weight is 293 g/mol. The van der Waals surface area contributed by atoms with E-state index in [1.165, 1.54) is 18.2 Å². The first-order valence-corrected chi connectivity index (χ1v) is 7.02. The van der Waals surface area contributed by atoms with Crippen molar-refractivity contribution in [2.24, 2.45) is 0 Å². The summed E-state index contributed by atoms with van der Waals surface area (Å²) < 4.78 is 0. The largest absolute Gasteiger partial charge is 0.391 e. The number of nitro benzene ring substituents is 1. The lowest BCUT2D eigenvalue weighted by Crippen LogP contribution is -2.38. The van der Waals surface area contributed by atoms with Crippen LogP contribution < -0.4 is 10.2 Å². The molecule has 0 spiro atoms. The Bertz CT molecular complexity index is 547. The fourth-order valence-corrected chi connectivity index (χ4v) is 2.51. The number of nitro groups is 1. The molecule has 2 N–H and O–H groups in total. The molecule has 0 aliphatic carbocycles. The van der Waals surface area contributed by atoms with E-state index < -0.39 is 11.0 Å². The second-order valence-corrected chi connectivity index (χ2v) is 5.06. The summed E-state index contributed by atoms with van der Waals surface area (Å²) in [6, 6.07) is 4.33. The van der Waals surface area contributed by atoms with E-state index in [1.807, 2.05) is 6.92 Å². The summed E-state index contributed by atoms with van der Waals surface area (Å²) in [6.45, 7) is 3.29. The monoisotopic (exact) mass is 293 g/mol. The molecule has 1 aliphatic heterocycles. The molecule has 1 heterocycles. The normalized spacial score (nSPS) is 18.4. The fourth-order valence-electron chi connectivity index (χ4n) is 2.51. The van der Waals surface area contributed by atoms with Gasteiger partial charge < -0.3 is 15.3 Å². The SMILES string of the molecule is CCNC(=O)c1ccc([N+](=O)[O-])c(N2CCCC(O)C2)c1. The molecule has 1 atom stereocenters. The van der Waals surface area contributed by atoms with Gasteiger partial charge in [0, 0.05) is 31.3 Å². The number of carbonyl (C=O) groups excluding carboxylic acids is 1. The molecular formula is C14H19N3O4. The van der Waals surface area contributed by atoms with Gasteiger partial charge in [-0.2, -0.15) is 0 Å². The Morgan fingerprint density at radius 1 is 1.57 bits per heavy atom. The van der Waals surface area contributed by atoms with Crippen LogP contribution in [0.25, 0.3) is 0 Å². The minimum atomic E-state index is -0.494. The number of piperidine rings is 1. The first kappa shape index (κ1) is 15.2. The van der Waals surface area contributed by atoms with Crippen LogP contribution >= 0.6 is 0 Å². The topological polar surface area (TPSA) is 95.7 Å². The zero-order valence-corrected chi connectivity index (χ0v) is 11.9. The fraction of sp³-hybridized carbons (Fsp3) is 0.500. The third-order valence-electron chi connectivity index (χ3n) is 3.51. The number of anilines is 1. The van der Waals surface area contributed by atoms with E-state index in [-0.39, 0.29) is 11.6 Å². The molecule has 0 bridgehead atoms. The lowest BCUT2D eigenvalue weighted by atomic mass is 10.1. The maximum absolute atomic E-state index is 11.9. The van der Waals surface area contributed by atoms with Crippen LogP contribution in [-0.2, 0) is 0 Å². The number of aliphatic hydroxyl groups is 1. The van der Waals surface area contributed by atoms with Crippen molar-refractivity contribution < 1.29 is 14.8 Å². The van der Waals surface area contributed by atoms with Gasteiger partial charge in [-0.15, -0.1) is 0 Å². The van der Waals surface area contributed by atoms with Crippen LogP contribution in [0.1, 0.15) is 30.1 Å². The molecule has 1 aliphatic rings. The second-order valence-electron chi connectivity index (χ2n) is 5.06. The molecule has 7 nitrogen and oxygen atoms in total. The van der Waals surface area contributed by atoms with Gasteiger partial charge in [0.1, 0.15) is 5.69 Å². The van der Waals surface area contributed by atoms with E-state index in [1.54, 1.807) is 4.90 Å². The predicted octanol–water partition coefficient (Wildman–Crippen LogP) is 1.31. The Balaban J connectivity index is 2.37. The van der Waals surface area contributed by atoms with E-state index >= 15 is 0 Å². The quantitative estimate of drug-likeness (QED) is 0.644. The van der Waals surface area contributed by atoms with Gasteiger partial charge in [-0.05, 0) is 31.9 Å². The second kappa shape index (κ2) is 6.53. The molecule has 0 saturated carbocycles. The average Bonchev–Trinajstić information content (AvgIpc) is 2.46. The van der Waals surface area contributed by atoms with Gasteiger partial charge in [-0.25, -0.2) is 0 Å². The Hall–Kier alpha value is -2.15. The molecule has 2 rings (SSSR count). The first-order valence-electron chi connectivity index (χ1n) is 7.02. The number of benzene rings is 1. The van der Waals surface area contributed by atoms with Crippen molar-refractivity contribution in [3.63, 3.8) is 0 Å². The van der Waals surface area contributed by atoms with Gasteiger partial charge in [0.05, 0.1) is 11.0 Å². The molecule has 0 radical (unpaired) electrons. The third kappa shape index (κ3) is 3.49. The molecule has 1 fully saturated rings. The Morgan fingerprint density at radius 3 is 2.95 bits per heavy atom. The Morgan fingerprint density at radius 2 is 2.33 bits per heavy atom. The van der Waals surface area contributed by atoms with Crippen LogP contribution in [0.4, 0.5) is 11.4 Å². The zero-order valence-electron chi connectivity index (χ0n) is 11.9. The lowest BCUT2D eigenvalue weighted by Gasteiger charge is -2.31. The maximum Gasteiger partial charge on any atom is 0.292 e. The van der Waals surface area contributed by atoms with E-state index in [9.17, 15) is 20.0 Å². The van der Waals surface area contributed by atoms with Crippen LogP contribution in [0, 0.1) is 10.1 Å². The van der Waals surface area contributed by atoms with Crippen molar-refractivity contribution in [1.82, 2.24) is 5.32 Å². The van der Waals surface area contributed by atoms with Gasteiger partial charge in [0.25, 0.3) is 11.6 Å². The van der Waals surface area contributed by atoms with Gasteiger partial charge in [-0.1, -0.05) is 0 Å². The Kier molecular flexibility index (Phi) is 4.74. The summed E-state index contributed by atoms with van der Waals surface area (Å²) in [5.41, 5.74) is 0.733. The zero-order chi connectivity index (χ0) is 15.4. The number of hydrogen-bond donors (Lipinski definition) is 2. The number of hydrogen-bond acceptors (Lipinski definition) is 5. The van der Waals surface area contributed by atoms with E-state index in [0.29, 0.717) is 37.3 Å². The van der Waals surface area contributed by atoms with Crippen molar-refractivity contribution in [3.8, 4) is 0 Å². The van der Waals surface area contributed by atoms with Gasteiger partial charge in [-0.3, -0.25) is 14.9 Å². The minimum Gasteiger partial charge on any atom is -0.391 e. The summed E-state index contributed by atoms with van der Waals surface area (Å²) in [7, 11) is 0. The van der Waals surface area contributed by atoms with Crippen LogP contribution in [0.2, 0.25) is 0 Å². The molecule has 1 amide bonds. The van der Waals surface area contributed by atoms with E-state index in [4.69, 9.17) is 0 Å². The van der Waals surface area contributed by atoms with Crippen molar-refractivity contribution in [2.45, 2.75) is 25.9 Å². The summed E-state index contributed by atoms with van der Waals surface area (Å²) in [5, 5.41) is 23.6. The number of β-amino-alcohol motifs (C(OH)–C–C–N with tert-alkyl or cyclic N) is 1. The number of carbonyl (C=O) groups is 1. The number of amides is 1. The molecule has 1 aromatic carbocycles. The minimum absolute atomic E-state index is 0.0443. The van der Waals surface area contributed by atoms with Crippen molar-refractivity contribution in [2.75, 3.05) is 24.5 Å². The van der Waals surface area contributed by atoms with Crippen LogP contribution in [0.3, 0.4) is 0 Å². The summed E-state index contributed by atoms with van der Waals surface area (Å²) >= 11 is 0. The van der Waals surface area contributed by atoms with Crippen molar-refractivity contribution in [3.05, 3.63) is 33.9 Å². The molecule has 1 aromatic rings. The number of nitrogens with one attached hydrogen (secondary N) is 1. The predicted molar refractivity (Wildman–Crippen MR) is 78.6 cm³/mol. The number of aliphatic hydroxyl groups excluding tert-OH is 1. The van der Waals surface area contributed by atoms with Gasteiger partial charge in [0.2, 0.25) is 0 Å². The molecule has 21 heavy (non-hydrogen) atoms. The number of rotatable bonds is 4. The maximum atomic E-state index is 11.9. The van der Waals surface area contributed by atoms with Crippen molar-refractivity contribution >= 4 is 17.3 Å². The van der Waals surface area contributed by atoms with Gasteiger partial charge in [0.15, 0.2) is 0 Å². The summed E-state index contributed by atoms with van der Waals surface area (Å²) in [5.74, 6) is -0.258. The lowest BCUT2D eigenvalue weighted by molar-refractivity contribution is -0.384. The third-order valence-corrected chi connectivity index (χ3v) is 3.51. The molecule has 1 saturated heterocycles. The van der Waals surface area contributed by atoms with Crippen LogP contribution in [0.5, 0.6) is 0 Å². The van der Waals surface area contributed by atoms with E-state index in [2.05, 4.69) is 5.32 Å². The molecule has 114 valence electrons. The highest BCUT2D eigenvalue weighted by Crippen LogP contribution is 2.31. The van der Waals surface area contributed by atoms with Crippen LogP contribution in [-0.4, -0.2) is 41.7 Å². The molecule has 1 unspecified atom stereocenters. The molecule has 0 aromatic heterocycles.